The predicted octanol–water partition coefficient (Wildman–Crippen LogP) is 3.61. The summed E-state index contributed by atoms with van der Waals surface area (Å²) in [6.45, 7) is 0. The van der Waals surface area contributed by atoms with Crippen molar-refractivity contribution in [3.05, 3.63) is 34.0 Å². The van der Waals surface area contributed by atoms with Gasteiger partial charge >= 0.3 is 6.18 Å². The fourth-order valence-corrected chi connectivity index (χ4v) is 2.23. The fraction of sp³-hybridized carbons (Fsp3) is 0.333. The second kappa shape index (κ2) is 7.21. The zero-order valence-corrected chi connectivity index (χ0v) is 12.0. The number of nitro groups is 1. The number of nitrogens with zero attached hydrogens (tertiary/aromatic N) is 1. The summed E-state index contributed by atoms with van der Waals surface area (Å²) in [6, 6.07) is 2.74. The van der Waals surface area contributed by atoms with E-state index in [2.05, 4.69) is 0 Å². The number of ether oxygens (including phenoxy) is 2. The molecule has 0 spiro atoms. The van der Waals surface area contributed by atoms with Gasteiger partial charge in [0.15, 0.2) is 0 Å². The first-order chi connectivity index (χ1) is 9.76. The van der Waals surface area contributed by atoms with Crippen LogP contribution in [0.3, 0.4) is 0 Å². The zero-order chi connectivity index (χ0) is 16.0. The van der Waals surface area contributed by atoms with Gasteiger partial charge in [0.05, 0.1) is 29.8 Å². The molecule has 1 aromatic carbocycles. The minimum absolute atomic E-state index is 0.188. The van der Waals surface area contributed by atoms with Gasteiger partial charge in [-0.05, 0) is 12.1 Å². The molecule has 0 amide bonds. The molecule has 5 nitrogen and oxygen atoms in total. The van der Waals surface area contributed by atoms with E-state index in [1.54, 1.807) is 0 Å². The van der Waals surface area contributed by atoms with E-state index in [1.807, 2.05) is 0 Å². The van der Waals surface area contributed by atoms with Crippen LogP contribution in [-0.4, -0.2) is 31.1 Å². The molecule has 0 heterocycles. The third-order valence-corrected chi connectivity index (χ3v) is 3.38. The van der Waals surface area contributed by atoms with E-state index in [-0.39, 0.29) is 16.4 Å². The van der Waals surface area contributed by atoms with E-state index in [0.717, 1.165) is 0 Å². The van der Waals surface area contributed by atoms with Crippen LogP contribution in [0.25, 0.3) is 6.08 Å². The summed E-state index contributed by atoms with van der Waals surface area (Å²) >= 11 is 0.553. The minimum Gasteiger partial charge on any atom is -0.496 e. The van der Waals surface area contributed by atoms with Gasteiger partial charge in [-0.1, -0.05) is 0 Å². The molecule has 0 fully saturated rings. The monoisotopic (exact) mass is 323 g/mol. The molecule has 116 valence electrons. The Balaban J connectivity index is 3.13. The lowest BCUT2D eigenvalue weighted by Gasteiger charge is -2.13. The van der Waals surface area contributed by atoms with Crippen molar-refractivity contribution in [3.63, 3.8) is 0 Å². The molecular weight excluding hydrogens is 311 g/mol. The fourth-order valence-electron chi connectivity index (χ4n) is 1.44. The molecule has 21 heavy (non-hydrogen) atoms. The third-order valence-electron chi connectivity index (χ3n) is 2.28. The second-order valence-electron chi connectivity index (χ2n) is 3.75. The van der Waals surface area contributed by atoms with Crippen LogP contribution >= 0.6 is 11.8 Å². The van der Waals surface area contributed by atoms with Crippen LogP contribution in [0, 0.1) is 10.1 Å². The third kappa shape index (κ3) is 5.54. The summed E-state index contributed by atoms with van der Waals surface area (Å²) < 4.78 is 46.8. The number of thioether (sulfide) groups is 1. The lowest BCUT2D eigenvalue weighted by molar-refractivity contribution is -0.400. The van der Waals surface area contributed by atoms with E-state index in [1.165, 1.54) is 32.4 Å². The maximum Gasteiger partial charge on any atom is 0.398 e. The minimum atomic E-state index is -4.31. The highest BCUT2D eigenvalue weighted by Gasteiger charge is 2.28. The van der Waals surface area contributed by atoms with Gasteiger partial charge in [-0.15, -0.1) is 11.8 Å². The largest absolute Gasteiger partial charge is 0.496 e. The summed E-state index contributed by atoms with van der Waals surface area (Å²) in [6.07, 6.45) is -2.42. The number of alkyl halides is 3. The molecule has 0 unspecified atom stereocenters. The highest BCUT2D eigenvalue weighted by Crippen LogP contribution is 2.38. The van der Waals surface area contributed by atoms with E-state index >= 15 is 0 Å². The molecule has 0 atom stereocenters. The molecule has 0 bridgehead atoms. The summed E-state index contributed by atoms with van der Waals surface area (Å²) in [5.74, 6) is -0.664. The van der Waals surface area contributed by atoms with E-state index in [0.29, 0.717) is 23.5 Å². The molecule has 0 aliphatic heterocycles. The Hall–Kier alpha value is -1.90. The Labute approximate surface area is 122 Å². The molecule has 0 aromatic heterocycles. The van der Waals surface area contributed by atoms with Gasteiger partial charge in [0.25, 0.3) is 0 Å². The smallest absolute Gasteiger partial charge is 0.398 e. The van der Waals surface area contributed by atoms with Crippen molar-refractivity contribution in [1.82, 2.24) is 0 Å². The van der Waals surface area contributed by atoms with Crippen LogP contribution in [0.1, 0.15) is 5.56 Å². The first-order valence-corrected chi connectivity index (χ1v) is 6.52. The van der Waals surface area contributed by atoms with Gasteiger partial charge in [0.2, 0.25) is 6.20 Å². The zero-order valence-electron chi connectivity index (χ0n) is 11.1. The predicted molar refractivity (Wildman–Crippen MR) is 72.4 cm³/mol. The summed E-state index contributed by atoms with van der Waals surface area (Å²) in [5.41, 5.74) is 0.336. The molecule has 0 aliphatic carbocycles. The van der Waals surface area contributed by atoms with Gasteiger partial charge in [-0.3, -0.25) is 10.1 Å². The van der Waals surface area contributed by atoms with Crippen LogP contribution in [0.5, 0.6) is 11.5 Å². The topological polar surface area (TPSA) is 61.6 Å². The molecule has 0 radical (unpaired) electrons. The number of hydrogen-bond acceptors (Lipinski definition) is 5. The number of methoxy groups -OCH3 is 2. The average molecular weight is 323 g/mol. The Morgan fingerprint density at radius 3 is 2.38 bits per heavy atom. The first-order valence-electron chi connectivity index (χ1n) is 5.54. The maximum atomic E-state index is 12.3. The van der Waals surface area contributed by atoms with Crippen molar-refractivity contribution in [1.29, 1.82) is 0 Å². The number of rotatable bonds is 6. The Kier molecular flexibility index (Phi) is 5.89. The number of hydrogen-bond donors (Lipinski definition) is 0. The van der Waals surface area contributed by atoms with Crippen molar-refractivity contribution in [3.8, 4) is 11.5 Å². The summed E-state index contributed by atoms with van der Waals surface area (Å²) in [7, 11) is 2.63. The molecule has 0 saturated carbocycles. The molecule has 1 aromatic rings. The average Bonchev–Trinajstić information content (AvgIpc) is 2.41. The van der Waals surface area contributed by atoms with Crippen LogP contribution in [0.15, 0.2) is 23.2 Å². The highest BCUT2D eigenvalue weighted by molar-refractivity contribution is 7.99. The highest BCUT2D eigenvalue weighted by atomic mass is 32.2. The summed E-state index contributed by atoms with van der Waals surface area (Å²) in [5, 5.41) is 10.3. The maximum absolute atomic E-state index is 12.3. The van der Waals surface area contributed by atoms with E-state index < -0.39 is 16.9 Å². The van der Waals surface area contributed by atoms with Gasteiger partial charge in [0, 0.05) is 11.6 Å². The van der Waals surface area contributed by atoms with Crippen LogP contribution in [-0.2, 0) is 0 Å². The Bertz CT molecular complexity index is 546. The number of benzene rings is 1. The van der Waals surface area contributed by atoms with Gasteiger partial charge in [-0.2, -0.15) is 13.2 Å². The molecule has 0 N–H and O–H groups in total. The molecular formula is C12H12F3NO4S. The lowest BCUT2D eigenvalue weighted by Crippen LogP contribution is -2.10. The van der Waals surface area contributed by atoms with Gasteiger partial charge in [0.1, 0.15) is 11.5 Å². The second-order valence-corrected chi connectivity index (χ2v) is 4.77. The number of halogens is 3. The van der Waals surface area contributed by atoms with Gasteiger partial charge in [-0.25, -0.2) is 0 Å². The van der Waals surface area contributed by atoms with Crippen LogP contribution in [0.4, 0.5) is 13.2 Å². The lowest BCUT2D eigenvalue weighted by atomic mass is 10.2. The molecule has 1 rings (SSSR count). The normalized spacial score (nSPS) is 11.7. The van der Waals surface area contributed by atoms with Crippen molar-refractivity contribution < 1.29 is 27.6 Å². The molecule has 0 saturated heterocycles. The SMILES string of the molecule is COc1cc(SCC(F)(F)F)c(OC)cc1C=C[N+](=O)[O-]. The van der Waals surface area contributed by atoms with Crippen LogP contribution < -0.4 is 9.47 Å². The van der Waals surface area contributed by atoms with Crippen LogP contribution in [0.2, 0.25) is 0 Å². The quantitative estimate of drug-likeness (QED) is 0.455. The summed E-state index contributed by atoms with van der Waals surface area (Å²) in [4.78, 5) is 9.91. The standard InChI is InChI=1S/C12H12F3NO4S/c1-19-9-6-11(21-7-12(13,14)15)10(20-2)5-8(9)3-4-16(17)18/h3-6H,7H2,1-2H3. The van der Waals surface area contributed by atoms with Crippen molar-refractivity contribution in [2.24, 2.45) is 0 Å². The van der Waals surface area contributed by atoms with Crippen molar-refractivity contribution in [2.45, 2.75) is 11.1 Å². The molecule has 0 aliphatic rings. The Morgan fingerprint density at radius 2 is 1.90 bits per heavy atom. The Morgan fingerprint density at radius 1 is 1.29 bits per heavy atom. The van der Waals surface area contributed by atoms with Crippen molar-refractivity contribution in [2.75, 3.05) is 20.0 Å². The van der Waals surface area contributed by atoms with E-state index in [9.17, 15) is 23.3 Å². The van der Waals surface area contributed by atoms with Crippen molar-refractivity contribution >= 4 is 17.8 Å². The van der Waals surface area contributed by atoms with E-state index in [4.69, 9.17) is 9.47 Å². The molecule has 9 heteroatoms. The first kappa shape index (κ1) is 17.2. The van der Waals surface area contributed by atoms with Gasteiger partial charge < -0.3 is 9.47 Å².